The highest BCUT2D eigenvalue weighted by Gasteiger charge is 2.31. The first-order valence-electron chi connectivity index (χ1n) is 9.65. The second-order valence-electron chi connectivity index (χ2n) is 7.18. The van der Waals surface area contributed by atoms with Crippen LogP contribution in [0.4, 0.5) is 5.69 Å². The van der Waals surface area contributed by atoms with Gasteiger partial charge in [0.1, 0.15) is 16.4 Å². The second-order valence-corrected chi connectivity index (χ2v) is 8.03. The van der Waals surface area contributed by atoms with Crippen molar-refractivity contribution in [3.05, 3.63) is 54.1 Å². The predicted molar refractivity (Wildman–Crippen MR) is 114 cm³/mol. The van der Waals surface area contributed by atoms with Crippen LogP contribution in [0.5, 0.6) is 0 Å². The molecule has 0 bridgehead atoms. The van der Waals surface area contributed by atoms with Crippen molar-refractivity contribution in [1.29, 1.82) is 0 Å². The lowest BCUT2D eigenvalue weighted by molar-refractivity contribution is 0.102. The summed E-state index contributed by atoms with van der Waals surface area (Å²) in [7, 11) is 1.97. The van der Waals surface area contributed by atoms with Gasteiger partial charge in [-0.3, -0.25) is 19.6 Å². The maximum Gasteiger partial charge on any atom is 0.275 e. The van der Waals surface area contributed by atoms with Gasteiger partial charge in [0.15, 0.2) is 0 Å². The van der Waals surface area contributed by atoms with Crippen molar-refractivity contribution in [1.82, 2.24) is 35.3 Å². The van der Waals surface area contributed by atoms with Gasteiger partial charge in [-0.25, -0.2) is 4.98 Å². The lowest BCUT2D eigenvalue weighted by atomic mass is 9.87. The van der Waals surface area contributed by atoms with E-state index in [1.165, 1.54) is 11.3 Å². The average Bonchev–Trinajstić information content (AvgIpc) is 3.48. The van der Waals surface area contributed by atoms with E-state index in [-0.39, 0.29) is 5.91 Å². The summed E-state index contributed by atoms with van der Waals surface area (Å²) in [6, 6.07) is 6.47. The minimum absolute atomic E-state index is 0.278. The Kier molecular flexibility index (Phi) is 4.85. The normalized spacial score (nSPS) is 18.2. The summed E-state index contributed by atoms with van der Waals surface area (Å²) in [4.78, 5) is 21.7. The molecule has 0 spiro atoms. The van der Waals surface area contributed by atoms with Crippen LogP contribution in [-0.4, -0.2) is 48.9 Å². The average molecular weight is 421 g/mol. The van der Waals surface area contributed by atoms with Crippen LogP contribution in [0, 0.1) is 0 Å². The molecule has 10 heteroatoms. The summed E-state index contributed by atoms with van der Waals surface area (Å²) in [5, 5.41) is 20.2. The van der Waals surface area contributed by atoms with Crippen LogP contribution in [0.1, 0.15) is 29.4 Å². The summed E-state index contributed by atoms with van der Waals surface area (Å²) in [5.74, 6) is -0.278. The van der Waals surface area contributed by atoms with Crippen molar-refractivity contribution < 1.29 is 4.79 Å². The fourth-order valence-electron chi connectivity index (χ4n) is 3.47. The summed E-state index contributed by atoms with van der Waals surface area (Å²) in [6.07, 6.45) is 9.06. The van der Waals surface area contributed by atoms with E-state index >= 15 is 0 Å². The van der Waals surface area contributed by atoms with Gasteiger partial charge in [-0.1, -0.05) is 6.07 Å². The number of anilines is 1. The Balaban J connectivity index is 1.41. The fraction of sp³-hybridized carbons (Fsp3) is 0.250. The standard InChI is InChI=1S/C20H20N8OS/c1-21-13-6-14(7-13)28-10-16(18(27-28)15-4-2-3-5-22-15)25-19(29)17-11-30-20(26-17)12-8-23-24-9-12/h2-5,8-11,13-14,21H,6-7H2,1H3,(H,23,24)(H,25,29)/t13-,14+. The number of nitrogens with one attached hydrogen (secondary N) is 3. The molecule has 30 heavy (non-hydrogen) atoms. The van der Waals surface area contributed by atoms with Crippen LogP contribution in [0.25, 0.3) is 22.0 Å². The molecule has 0 atom stereocenters. The fourth-order valence-corrected chi connectivity index (χ4v) is 4.25. The van der Waals surface area contributed by atoms with Crippen molar-refractivity contribution in [3.63, 3.8) is 0 Å². The Morgan fingerprint density at radius 2 is 2.23 bits per heavy atom. The van der Waals surface area contributed by atoms with Gasteiger partial charge in [0.25, 0.3) is 5.91 Å². The van der Waals surface area contributed by atoms with E-state index in [0.29, 0.717) is 34.9 Å². The molecule has 1 saturated carbocycles. The molecule has 0 aliphatic heterocycles. The number of aromatic amines is 1. The van der Waals surface area contributed by atoms with E-state index < -0.39 is 0 Å². The third-order valence-electron chi connectivity index (χ3n) is 5.27. The van der Waals surface area contributed by atoms with Crippen molar-refractivity contribution in [2.24, 2.45) is 0 Å². The second kappa shape index (κ2) is 7.81. The van der Waals surface area contributed by atoms with Crippen LogP contribution < -0.4 is 10.6 Å². The van der Waals surface area contributed by atoms with Crippen molar-refractivity contribution in [2.45, 2.75) is 24.9 Å². The molecule has 4 heterocycles. The van der Waals surface area contributed by atoms with Crippen LogP contribution in [-0.2, 0) is 0 Å². The number of carbonyl (C=O) groups is 1. The van der Waals surface area contributed by atoms with Crippen molar-refractivity contribution >= 4 is 22.9 Å². The SMILES string of the molecule is CN[C@H]1C[C@@H](n2cc(NC(=O)c3csc(-c4cn[nH]c4)n3)c(-c3ccccn3)n2)C1. The number of carbonyl (C=O) groups excluding carboxylic acids is 1. The molecule has 4 aromatic rings. The molecule has 0 radical (unpaired) electrons. The minimum atomic E-state index is -0.278. The zero-order valence-electron chi connectivity index (χ0n) is 16.2. The van der Waals surface area contributed by atoms with Crippen LogP contribution in [0.3, 0.4) is 0 Å². The number of hydrogen-bond acceptors (Lipinski definition) is 7. The van der Waals surface area contributed by atoms with Gasteiger partial charge in [-0.15, -0.1) is 11.3 Å². The Morgan fingerprint density at radius 1 is 1.33 bits per heavy atom. The molecule has 1 amide bonds. The number of pyridine rings is 1. The van der Waals surface area contributed by atoms with Crippen molar-refractivity contribution in [3.8, 4) is 22.0 Å². The van der Waals surface area contributed by atoms with E-state index in [1.54, 1.807) is 24.0 Å². The number of hydrogen-bond donors (Lipinski definition) is 3. The zero-order chi connectivity index (χ0) is 20.5. The zero-order valence-corrected chi connectivity index (χ0v) is 17.1. The van der Waals surface area contributed by atoms with Gasteiger partial charge >= 0.3 is 0 Å². The molecular weight excluding hydrogens is 400 g/mol. The van der Waals surface area contributed by atoms with E-state index in [4.69, 9.17) is 5.10 Å². The Bertz CT molecular complexity index is 1140. The number of amides is 1. The Labute approximate surface area is 176 Å². The molecule has 0 unspecified atom stereocenters. The molecule has 152 valence electrons. The molecule has 1 aliphatic rings. The van der Waals surface area contributed by atoms with Crippen molar-refractivity contribution in [2.75, 3.05) is 12.4 Å². The van der Waals surface area contributed by atoms with Gasteiger partial charge in [0.05, 0.1) is 23.6 Å². The van der Waals surface area contributed by atoms with Gasteiger partial charge in [-0.2, -0.15) is 10.2 Å². The van der Waals surface area contributed by atoms with Gasteiger partial charge in [0.2, 0.25) is 0 Å². The number of nitrogens with zero attached hydrogens (tertiary/aromatic N) is 5. The lowest BCUT2D eigenvalue weighted by Crippen LogP contribution is -2.40. The minimum Gasteiger partial charge on any atom is -0.317 e. The lowest BCUT2D eigenvalue weighted by Gasteiger charge is -2.35. The number of aromatic nitrogens is 6. The first kappa shape index (κ1) is 18.6. The quantitative estimate of drug-likeness (QED) is 0.442. The molecular formula is C20H20N8OS. The maximum atomic E-state index is 12.9. The van der Waals surface area contributed by atoms with Gasteiger partial charge in [0, 0.05) is 35.6 Å². The predicted octanol–water partition coefficient (Wildman–Crippen LogP) is 2.97. The number of H-pyrrole nitrogens is 1. The third-order valence-corrected chi connectivity index (χ3v) is 6.16. The number of rotatable bonds is 6. The van der Waals surface area contributed by atoms with Crippen LogP contribution >= 0.6 is 11.3 Å². The molecule has 5 rings (SSSR count). The summed E-state index contributed by atoms with van der Waals surface area (Å²) >= 11 is 1.40. The smallest absolute Gasteiger partial charge is 0.275 e. The topological polar surface area (TPSA) is 113 Å². The van der Waals surface area contributed by atoms with Gasteiger partial charge < -0.3 is 10.6 Å². The number of thiazole rings is 1. The molecule has 1 aliphatic carbocycles. The third kappa shape index (κ3) is 3.51. The van der Waals surface area contributed by atoms with E-state index in [9.17, 15) is 4.79 Å². The first-order valence-corrected chi connectivity index (χ1v) is 10.5. The highest BCUT2D eigenvalue weighted by molar-refractivity contribution is 7.13. The van der Waals surface area contributed by atoms with E-state index in [2.05, 4.69) is 30.8 Å². The first-order chi connectivity index (χ1) is 14.7. The molecule has 1 fully saturated rings. The van der Waals surface area contributed by atoms with E-state index in [0.717, 1.165) is 23.4 Å². The Hall–Kier alpha value is -3.37. The highest BCUT2D eigenvalue weighted by atomic mass is 32.1. The van der Waals surface area contributed by atoms with Crippen LogP contribution in [0.2, 0.25) is 0 Å². The Morgan fingerprint density at radius 3 is 2.97 bits per heavy atom. The van der Waals surface area contributed by atoms with E-state index in [1.807, 2.05) is 36.1 Å². The molecule has 4 aromatic heterocycles. The maximum absolute atomic E-state index is 12.9. The molecule has 0 saturated heterocycles. The van der Waals surface area contributed by atoms with Crippen LogP contribution in [0.15, 0.2) is 48.4 Å². The molecule has 0 aromatic carbocycles. The monoisotopic (exact) mass is 420 g/mol. The van der Waals surface area contributed by atoms with Gasteiger partial charge in [-0.05, 0) is 32.0 Å². The largest absolute Gasteiger partial charge is 0.317 e. The molecule has 3 N–H and O–H groups in total. The summed E-state index contributed by atoms with van der Waals surface area (Å²) in [5.41, 5.74) is 3.21. The summed E-state index contributed by atoms with van der Waals surface area (Å²) < 4.78 is 1.94. The molecule has 9 nitrogen and oxygen atoms in total. The summed E-state index contributed by atoms with van der Waals surface area (Å²) in [6.45, 7) is 0. The highest BCUT2D eigenvalue weighted by Crippen LogP contribution is 2.35.